The molecule has 12 heteroatoms. The van der Waals surface area contributed by atoms with E-state index in [1.165, 1.54) is 18.2 Å². The maximum Gasteiger partial charge on any atom is 0.271 e. The average Bonchev–Trinajstić information content (AvgIpc) is 2.64. The number of nitro benzene ring substituents is 1. The summed E-state index contributed by atoms with van der Waals surface area (Å²) < 4.78 is 32.7. The zero-order valence-electron chi connectivity index (χ0n) is 14.1. The third-order valence-electron chi connectivity index (χ3n) is 3.87. The summed E-state index contributed by atoms with van der Waals surface area (Å²) >= 11 is 12.0. The molecule has 0 aromatic heterocycles. The Labute approximate surface area is 170 Å². The van der Waals surface area contributed by atoms with Crippen molar-refractivity contribution in [2.24, 2.45) is 0 Å². The van der Waals surface area contributed by atoms with Gasteiger partial charge in [0.25, 0.3) is 5.69 Å². The molecule has 3 rings (SSSR count). The molecule has 0 atom stereocenters. The first-order valence-corrected chi connectivity index (χ1v) is 10.1. The van der Waals surface area contributed by atoms with E-state index in [1.54, 1.807) is 0 Å². The van der Waals surface area contributed by atoms with Gasteiger partial charge in [-0.25, -0.2) is 8.42 Å². The number of benzene rings is 2. The predicted molar refractivity (Wildman–Crippen MR) is 101 cm³/mol. The normalized spacial score (nSPS) is 15.1. The fourth-order valence-corrected chi connectivity index (χ4v) is 4.38. The standard InChI is InChI=1S/C16H13Cl2N3O6S/c17-10-1-3-12(18)14(7-10)27-13-4-2-11(21(23)24)8-15(13)28(25,26)20-6-5-19-16(22)9-20/h1-4,7-8H,5-6,9H2,(H,19,22). The van der Waals surface area contributed by atoms with Gasteiger partial charge in [-0.3, -0.25) is 14.9 Å². The van der Waals surface area contributed by atoms with Gasteiger partial charge < -0.3 is 10.1 Å². The van der Waals surface area contributed by atoms with Crippen molar-refractivity contribution in [3.05, 3.63) is 56.6 Å². The lowest BCUT2D eigenvalue weighted by Gasteiger charge is -2.26. The first-order chi connectivity index (χ1) is 13.2. The third kappa shape index (κ3) is 4.20. The Morgan fingerprint density at radius 3 is 2.57 bits per heavy atom. The zero-order valence-corrected chi connectivity index (χ0v) is 16.4. The highest BCUT2D eigenvalue weighted by molar-refractivity contribution is 7.89. The number of carbonyl (C=O) groups is 1. The largest absolute Gasteiger partial charge is 0.454 e. The van der Waals surface area contributed by atoms with Crippen molar-refractivity contribution in [3.8, 4) is 11.5 Å². The van der Waals surface area contributed by atoms with E-state index in [2.05, 4.69) is 5.32 Å². The number of hydrogen-bond acceptors (Lipinski definition) is 6. The van der Waals surface area contributed by atoms with Crippen LogP contribution >= 0.6 is 23.2 Å². The predicted octanol–water partition coefficient (Wildman–Crippen LogP) is 2.81. The molecule has 1 heterocycles. The summed E-state index contributed by atoms with van der Waals surface area (Å²) in [7, 11) is -4.26. The molecule has 0 aliphatic carbocycles. The SMILES string of the molecule is O=C1CN(S(=O)(=O)c2cc([N+](=O)[O-])ccc2Oc2cc(Cl)ccc2Cl)CCN1. The van der Waals surface area contributed by atoms with Crippen LogP contribution in [0.4, 0.5) is 5.69 Å². The first-order valence-electron chi connectivity index (χ1n) is 7.86. The van der Waals surface area contributed by atoms with Crippen molar-refractivity contribution in [1.29, 1.82) is 0 Å². The number of amides is 1. The van der Waals surface area contributed by atoms with Crippen LogP contribution < -0.4 is 10.1 Å². The lowest BCUT2D eigenvalue weighted by Crippen LogP contribution is -2.49. The van der Waals surface area contributed by atoms with Crippen LogP contribution in [-0.2, 0) is 14.8 Å². The first kappa shape index (κ1) is 20.3. The topological polar surface area (TPSA) is 119 Å². The summed E-state index contributed by atoms with van der Waals surface area (Å²) in [5.41, 5.74) is -0.440. The molecule has 1 fully saturated rings. The number of piperazine rings is 1. The second-order valence-electron chi connectivity index (χ2n) is 5.75. The lowest BCUT2D eigenvalue weighted by atomic mass is 10.3. The molecular weight excluding hydrogens is 433 g/mol. The molecule has 0 bridgehead atoms. The van der Waals surface area contributed by atoms with Gasteiger partial charge in [-0.2, -0.15) is 4.31 Å². The van der Waals surface area contributed by atoms with Gasteiger partial charge >= 0.3 is 0 Å². The molecule has 1 N–H and O–H groups in total. The number of hydrogen-bond donors (Lipinski definition) is 1. The van der Waals surface area contributed by atoms with E-state index >= 15 is 0 Å². The zero-order chi connectivity index (χ0) is 20.5. The number of rotatable bonds is 5. The van der Waals surface area contributed by atoms with Crippen LogP contribution in [0.15, 0.2) is 41.3 Å². The van der Waals surface area contributed by atoms with Crippen LogP contribution in [0.3, 0.4) is 0 Å². The number of nitrogens with one attached hydrogen (secondary N) is 1. The van der Waals surface area contributed by atoms with Crippen molar-refractivity contribution >= 4 is 44.8 Å². The van der Waals surface area contributed by atoms with Gasteiger partial charge in [-0.05, 0) is 18.2 Å². The number of carbonyl (C=O) groups excluding carboxylic acids is 1. The fourth-order valence-electron chi connectivity index (χ4n) is 2.53. The molecule has 0 spiro atoms. The number of sulfonamides is 1. The molecule has 1 saturated heterocycles. The highest BCUT2D eigenvalue weighted by Crippen LogP contribution is 2.37. The van der Waals surface area contributed by atoms with Crippen LogP contribution in [0.25, 0.3) is 0 Å². The van der Waals surface area contributed by atoms with Gasteiger partial charge in [0.15, 0.2) is 0 Å². The van der Waals surface area contributed by atoms with Gasteiger partial charge in [-0.15, -0.1) is 0 Å². The van der Waals surface area contributed by atoms with Crippen LogP contribution in [0, 0.1) is 10.1 Å². The van der Waals surface area contributed by atoms with Gasteiger partial charge in [0.05, 0.1) is 16.5 Å². The second-order valence-corrected chi connectivity index (χ2v) is 8.50. The molecule has 0 saturated carbocycles. The molecule has 28 heavy (non-hydrogen) atoms. The fraction of sp³-hybridized carbons (Fsp3) is 0.188. The maximum atomic E-state index is 13.1. The summed E-state index contributed by atoms with van der Waals surface area (Å²) in [6, 6.07) is 7.53. The van der Waals surface area contributed by atoms with Gasteiger partial charge in [-0.1, -0.05) is 23.2 Å². The van der Waals surface area contributed by atoms with Crippen molar-refractivity contribution < 1.29 is 22.9 Å². The smallest absolute Gasteiger partial charge is 0.271 e. The summed E-state index contributed by atoms with van der Waals surface area (Å²) in [4.78, 5) is 21.6. The van der Waals surface area contributed by atoms with E-state index in [9.17, 15) is 23.3 Å². The van der Waals surface area contributed by atoms with E-state index in [-0.39, 0.29) is 29.6 Å². The van der Waals surface area contributed by atoms with Crippen molar-refractivity contribution in [3.63, 3.8) is 0 Å². The monoisotopic (exact) mass is 445 g/mol. The van der Waals surface area contributed by atoms with E-state index in [1.807, 2.05) is 0 Å². The quantitative estimate of drug-likeness (QED) is 0.557. The molecule has 1 aliphatic rings. The Morgan fingerprint density at radius 2 is 1.89 bits per heavy atom. The molecule has 0 radical (unpaired) electrons. The molecule has 2 aromatic rings. The number of halogens is 2. The molecule has 9 nitrogen and oxygen atoms in total. The molecule has 1 aliphatic heterocycles. The van der Waals surface area contributed by atoms with Crippen molar-refractivity contribution in [2.75, 3.05) is 19.6 Å². The minimum Gasteiger partial charge on any atom is -0.454 e. The number of ether oxygens (including phenoxy) is 1. The average molecular weight is 446 g/mol. The maximum absolute atomic E-state index is 13.1. The summed E-state index contributed by atoms with van der Waals surface area (Å²) in [6.07, 6.45) is 0. The number of nitrogens with zero attached hydrogens (tertiary/aromatic N) is 2. The Bertz CT molecular complexity index is 1060. The van der Waals surface area contributed by atoms with Gasteiger partial charge in [0.2, 0.25) is 15.9 Å². The molecule has 2 aromatic carbocycles. The Morgan fingerprint density at radius 1 is 1.14 bits per heavy atom. The van der Waals surface area contributed by atoms with Crippen molar-refractivity contribution in [2.45, 2.75) is 4.90 Å². The Hall–Kier alpha value is -2.40. The van der Waals surface area contributed by atoms with Crippen LogP contribution in [-0.4, -0.2) is 43.2 Å². The van der Waals surface area contributed by atoms with E-state index in [0.29, 0.717) is 5.02 Å². The highest BCUT2D eigenvalue weighted by Gasteiger charge is 2.33. The lowest BCUT2D eigenvalue weighted by molar-refractivity contribution is -0.385. The number of nitro groups is 1. The number of non-ortho nitro benzene ring substituents is 1. The Balaban J connectivity index is 2.09. The Kier molecular flexibility index (Phi) is 5.75. The summed E-state index contributed by atoms with van der Waals surface area (Å²) in [5.74, 6) is -0.572. The van der Waals surface area contributed by atoms with Crippen LogP contribution in [0.1, 0.15) is 0 Å². The minimum absolute atomic E-state index is 0.0220. The highest BCUT2D eigenvalue weighted by atomic mass is 35.5. The van der Waals surface area contributed by atoms with E-state index < -0.39 is 38.0 Å². The molecule has 148 valence electrons. The minimum atomic E-state index is -4.26. The second kappa shape index (κ2) is 7.92. The third-order valence-corrected chi connectivity index (χ3v) is 6.29. The summed E-state index contributed by atoms with van der Waals surface area (Å²) in [6.45, 7) is -0.250. The molecule has 1 amide bonds. The van der Waals surface area contributed by atoms with Crippen molar-refractivity contribution in [1.82, 2.24) is 9.62 Å². The molecule has 0 unspecified atom stereocenters. The van der Waals surface area contributed by atoms with E-state index in [0.717, 1.165) is 22.5 Å². The van der Waals surface area contributed by atoms with Crippen LogP contribution in [0.2, 0.25) is 10.0 Å². The van der Waals surface area contributed by atoms with Gasteiger partial charge in [0.1, 0.15) is 16.4 Å². The molecular formula is C16H13Cl2N3O6S. The van der Waals surface area contributed by atoms with Crippen LogP contribution in [0.5, 0.6) is 11.5 Å². The van der Waals surface area contributed by atoms with Gasteiger partial charge in [0, 0.05) is 36.3 Å². The summed E-state index contributed by atoms with van der Waals surface area (Å²) in [5, 5.41) is 14.1. The van der Waals surface area contributed by atoms with E-state index in [4.69, 9.17) is 27.9 Å².